The third-order valence-electron chi connectivity index (χ3n) is 1.42. The highest BCUT2D eigenvalue weighted by Gasteiger charge is 2.02. The third-order valence-corrected chi connectivity index (χ3v) is 2.03. The van der Waals surface area contributed by atoms with E-state index in [0.717, 1.165) is 4.47 Å². The first-order valence-electron chi connectivity index (χ1n) is 2.99. The number of nitrogens with one attached hydrogen (secondary N) is 2. The molecule has 6 heteroatoms. The average molecular weight is 250 g/mol. The maximum Gasteiger partial charge on any atom is 0.273 e. The van der Waals surface area contributed by atoms with Gasteiger partial charge in [-0.05, 0) is 15.9 Å². The van der Waals surface area contributed by atoms with Crippen molar-refractivity contribution < 1.29 is 0 Å². The van der Waals surface area contributed by atoms with Crippen LogP contribution in [0.5, 0.6) is 0 Å². The zero-order valence-corrected chi connectivity index (χ0v) is 8.20. The maximum atomic E-state index is 11.0. The van der Waals surface area contributed by atoms with Gasteiger partial charge < -0.3 is 9.97 Å². The van der Waals surface area contributed by atoms with Crippen LogP contribution in [0.1, 0.15) is 0 Å². The van der Waals surface area contributed by atoms with Gasteiger partial charge in [-0.1, -0.05) is 0 Å². The lowest BCUT2D eigenvalue weighted by molar-refractivity contribution is 1.24. The van der Waals surface area contributed by atoms with E-state index in [0.29, 0.717) is 11.0 Å². The predicted octanol–water partition coefficient (Wildman–Crippen LogP) is 1.44. The molecule has 0 aliphatic carbocycles. The summed E-state index contributed by atoms with van der Waals surface area (Å²) in [7, 11) is 0. The summed E-state index contributed by atoms with van der Waals surface area (Å²) >= 11 is 3.26. The van der Waals surface area contributed by atoms with Crippen molar-refractivity contribution in [3.63, 3.8) is 0 Å². The Morgan fingerprint density at radius 2 is 2.17 bits per heavy atom. The summed E-state index contributed by atoms with van der Waals surface area (Å²) < 4.78 is 0.786. The van der Waals surface area contributed by atoms with E-state index >= 15 is 0 Å². The first-order chi connectivity index (χ1) is 5.29. The number of nitrogens with zero attached hydrogens (tertiary/aromatic N) is 1. The molecular weight excluding hydrogens is 245 g/mol. The van der Waals surface area contributed by atoms with Crippen LogP contribution in [0.25, 0.3) is 11.0 Å². The van der Waals surface area contributed by atoms with E-state index in [-0.39, 0.29) is 18.0 Å². The first kappa shape index (κ1) is 9.28. The van der Waals surface area contributed by atoms with Crippen molar-refractivity contribution in [3.8, 4) is 0 Å². The Hall–Kier alpha value is -0.810. The Balaban J connectivity index is 0.000000720. The molecule has 0 bridgehead atoms. The fraction of sp³-hybridized carbons (Fsp3) is 0. The Morgan fingerprint density at radius 1 is 1.42 bits per heavy atom. The van der Waals surface area contributed by atoms with Crippen LogP contribution in [-0.4, -0.2) is 15.0 Å². The zero-order valence-electron chi connectivity index (χ0n) is 5.80. The Labute approximate surface area is 81.9 Å². The van der Waals surface area contributed by atoms with Gasteiger partial charge in [0.1, 0.15) is 11.0 Å². The predicted molar refractivity (Wildman–Crippen MR) is 51.7 cm³/mol. The maximum absolute atomic E-state index is 11.0. The summed E-state index contributed by atoms with van der Waals surface area (Å²) in [5, 5.41) is 0. The highest BCUT2D eigenvalue weighted by Crippen LogP contribution is 2.15. The van der Waals surface area contributed by atoms with Gasteiger partial charge in [-0.3, -0.25) is 4.79 Å². The molecule has 0 fully saturated rings. The Kier molecular flexibility index (Phi) is 2.54. The van der Waals surface area contributed by atoms with E-state index in [4.69, 9.17) is 0 Å². The molecule has 2 N–H and O–H groups in total. The number of imidazole rings is 1. The van der Waals surface area contributed by atoms with Gasteiger partial charge in [0.05, 0.1) is 10.8 Å². The molecule has 2 rings (SSSR count). The molecule has 0 aliphatic rings. The summed E-state index contributed by atoms with van der Waals surface area (Å²) in [5.74, 6) is 0. The monoisotopic (exact) mass is 249 g/mol. The quantitative estimate of drug-likeness (QED) is 0.743. The number of hydrogen-bond donors (Lipinski definition) is 2. The lowest BCUT2D eigenvalue weighted by atomic mass is 10.4. The molecule has 0 radical (unpaired) electrons. The standard InChI is InChI=1S/C6H4BrN3O.ClH/c7-3-1-8-6(11)5-4(3)9-2-10-5;/h1-2H,(H,8,11)(H,9,10);1H. The Bertz CT molecular complexity index is 449. The van der Waals surface area contributed by atoms with Gasteiger partial charge in [-0.2, -0.15) is 0 Å². The van der Waals surface area contributed by atoms with Crippen LogP contribution in [0.3, 0.4) is 0 Å². The topological polar surface area (TPSA) is 61.5 Å². The van der Waals surface area contributed by atoms with Crippen LogP contribution in [0.4, 0.5) is 0 Å². The highest BCUT2D eigenvalue weighted by atomic mass is 79.9. The van der Waals surface area contributed by atoms with Crippen LogP contribution in [0.2, 0.25) is 0 Å². The lowest BCUT2D eigenvalue weighted by Gasteiger charge is -1.88. The lowest BCUT2D eigenvalue weighted by Crippen LogP contribution is -2.04. The summed E-state index contributed by atoms with van der Waals surface area (Å²) in [6.07, 6.45) is 3.07. The van der Waals surface area contributed by atoms with Crippen molar-refractivity contribution in [2.75, 3.05) is 0 Å². The fourth-order valence-corrected chi connectivity index (χ4v) is 1.33. The number of rotatable bonds is 0. The zero-order chi connectivity index (χ0) is 7.84. The molecule has 2 heterocycles. The summed E-state index contributed by atoms with van der Waals surface area (Å²) in [4.78, 5) is 20.3. The second kappa shape index (κ2) is 3.28. The van der Waals surface area contributed by atoms with Gasteiger partial charge >= 0.3 is 0 Å². The molecular formula is C6H5BrClN3O. The molecule has 0 aromatic carbocycles. The van der Waals surface area contributed by atoms with E-state index in [9.17, 15) is 4.79 Å². The molecule has 0 saturated heterocycles. The van der Waals surface area contributed by atoms with Crippen molar-refractivity contribution in [1.29, 1.82) is 0 Å². The molecule has 0 atom stereocenters. The van der Waals surface area contributed by atoms with Gasteiger partial charge in [-0.25, -0.2) is 4.98 Å². The third kappa shape index (κ3) is 1.25. The van der Waals surface area contributed by atoms with Crippen LogP contribution < -0.4 is 5.56 Å². The van der Waals surface area contributed by atoms with Gasteiger partial charge in [0.25, 0.3) is 5.56 Å². The van der Waals surface area contributed by atoms with Crippen molar-refractivity contribution >= 4 is 39.4 Å². The number of H-pyrrole nitrogens is 2. The van der Waals surface area contributed by atoms with Crippen molar-refractivity contribution in [3.05, 3.63) is 27.4 Å². The summed E-state index contributed by atoms with van der Waals surface area (Å²) in [6.45, 7) is 0. The van der Waals surface area contributed by atoms with E-state index in [2.05, 4.69) is 30.9 Å². The number of aromatic nitrogens is 3. The highest BCUT2D eigenvalue weighted by molar-refractivity contribution is 9.10. The number of aromatic amines is 2. The van der Waals surface area contributed by atoms with E-state index in [1.807, 2.05) is 0 Å². The van der Waals surface area contributed by atoms with Gasteiger partial charge in [-0.15, -0.1) is 12.4 Å². The van der Waals surface area contributed by atoms with Crippen molar-refractivity contribution in [2.24, 2.45) is 0 Å². The fourth-order valence-electron chi connectivity index (χ4n) is 0.918. The summed E-state index contributed by atoms with van der Waals surface area (Å²) in [6, 6.07) is 0. The number of halogens is 2. The summed E-state index contributed by atoms with van der Waals surface area (Å²) in [5.41, 5.74) is 1.01. The van der Waals surface area contributed by atoms with E-state index in [1.54, 1.807) is 6.20 Å². The molecule has 2 aromatic heterocycles. The largest absolute Gasteiger partial charge is 0.340 e. The molecule has 0 amide bonds. The Morgan fingerprint density at radius 3 is 2.83 bits per heavy atom. The molecule has 0 unspecified atom stereocenters. The minimum Gasteiger partial charge on any atom is -0.340 e. The minimum atomic E-state index is -0.152. The van der Waals surface area contributed by atoms with Crippen LogP contribution >= 0.6 is 28.3 Å². The first-order valence-corrected chi connectivity index (χ1v) is 3.78. The second-order valence-corrected chi connectivity index (χ2v) is 2.95. The average Bonchev–Trinajstić information content (AvgIpc) is 2.45. The van der Waals surface area contributed by atoms with Crippen molar-refractivity contribution in [2.45, 2.75) is 0 Å². The number of hydrogen-bond acceptors (Lipinski definition) is 2. The molecule has 0 spiro atoms. The van der Waals surface area contributed by atoms with Crippen LogP contribution in [0, 0.1) is 0 Å². The van der Waals surface area contributed by atoms with E-state index in [1.165, 1.54) is 6.33 Å². The van der Waals surface area contributed by atoms with Gasteiger partial charge in [0.15, 0.2) is 0 Å². The second-order valence-electron chi connectivity index (χ2n) is 2.09. The molecule has 2 aromatic rings. The van der Waals surface area contributed by atoms with Gasteiger partial charge in [0, 0.05) is 6.20 Å². The number of pyridine rings is 1. The molecule has 4 nitrogen and oxygen atoms in total. The molecule has 64 valence electrons. The molecule has 0 saturated carbocycles. The van der Waals surface area contributed by atoms with Crippen molar-refractivity contribution in [1.82, 2.24) is 15.0 Å². The minimum absolute atomic E-state index is 0. The smallest absolute Gasteiger partial charge is 0.273 e. The molecule has 0 aliphatic heterocycles. The van der Waals surface area contributed by atoms with Crippen LogP contribution in [0.15, 0.2) is 21.8 Å². The van der Waals surface area contributed by atoms with Gasteiger partial charge in [0.2, 0.25) is 0 Å². The number of fused-ring (bicyclic) bond motifs is 1. The SMILES string of the molecule is Cl.O=c1[nH]cc(Br)c2nc[nH]c12. The van der Waals surface area contributed by atoms with E-state index < -0.39 is 0 Å². The van der Waals surface area contributed by atoms with Crippen LogP contribution in [-0.2, 0) is 0 Å². The molecule has 12 heavy (non-hydrogen) atoms. The normalized spacial score (nSPS) is 9.75.